The van der Waals surface area contributed by atoms with E-state index in [-0.39, 0.29) is 11.7 Å². The number of carbonyl (C=O) groups excluding carboxylic acids is 2. The zero-order chi connectivity index (χ0) is 19.3. The van der Waals surface area contributed by atoms with Crippen LogP contribution >= 0.6 is 0 Å². The summed E-state index contributed by atoms with van der Waals surface area (Å²) in [5.74, 6) is -1.50. The minimum Gasteiger partial charge on any atom is -0.452 e. The van der Waals surface area contributed by atoms with Crippen LogP contribution < -0.4 is 5.32 Å². The molecular weight excluding hydrogens is 368 g/mol. The first-order valence-electron chi connectivity index (χ1n) is 7.72. The second-order valence-corrected chi connectivity index (χ2v) is 7.71. The van der Waals surface area contributed by atoms with Gasteiger partial charge in [0.15, 0.2) is 16.4 Å². The van der Waals surface area contributed by atoms with E-state index >= 15 is 0 Å². The van der Waals surface area contributed by atoms with E-state index in [1.807, 2.05) is 0 Å². The topological polar surface area (TPSA) is 142 Å². The second-order valence-electron chi connectivity index (χ2n) is 5.73. The van der Waals surface area contributed by atoms with Gasteiger partial charge in [-0.1, -0.05) is 0 Å². The number of nitro groups is 1. The fourth-order valence-electron chi connectivity index (χ4n) is 2.40. The number of esters is 1. The molecule has 0 spiro atoms. The molecule has 26 heavy (non-hydrogen) atoms. The molecule has 0 unspecified atom stereocenters. The van der Waals surface area contributed by atoms with Crippen LogP contribution in [0.15, 0.2) is 23.1 Å². The van der Waals surface area contributed by atoms with Crippen molar-refractivity contribution in [2.24, 2.45) is 0 Å². The van der Waals surface area contributed by atoms with Crippen molar-refractivity contribution in [1.82, 2.24) is 5.32 Å². The number of nitrogens with zero attached hydrogens (tertiary/aromatic N) is 1. The van der Waals surface area contributed by atoms with Gasteiger partial charge < -0.3 is 14.8 Å². The minimum absolute atomic E-state index is 0.0548. The fourth-order valence-corrected chi connectivity index (χ4v) is 3.23. The number of rotatable bonds is 7. The summed E-state index contributed by atoms with van der Waals surface area (Å²) >= 11 is 0. The van der Waals surface area contributed by atoms with Crippen LogP contribution in [-0.4, -0.2) is 57.3 Å². The maximum Gasteiger partial charge on any atom is 0.338 e. The summed E-state index contributed by atoms with van der Waals surface area (Å²) in [5, 5.41) is 13.6. The molecule has 0 bridgehead atoms. The molecule has 1 amide bonds. The van der Waals surface area contributed by atoms with Crippen LogP contribution in [0.25, 0.3) is 0 Å². The summed E-state index contributed by atoms with van der Waals surface area (Å²) in [6, 6.07) is 2.86. The Morgan fingerprint density at radius 2 is 2.15 bits per heavy atom. The molecule has 142 valence electrons. The molecule has 10 nitrogen and oxygen atoms in total. The van der Waals surface area contributed by atoms with Crippen LogP contribution in [0.5, 0.6) is 0 Å². The highest BCUT2D eigenvalue weighted by Gasteiger charge is 2.24. The third kappa shape index (κ3) is 5.23. The monoisotopic (exact) mass is 386 g/mol. The van der Waals surface area contributed by atoms with Crippen LogP contribution in [0, 0.1) is 10.1 Å². The molecular formula is C15H18N2O8S. The third-order valence-corrected chi connectivity index (χ3v) is 4.82. The summed E-state index contributed by atoms with van der Waals surface area (Å²) in [6.07, 6.45) is 2.54. The molecule has 1 heterocycles. The number of nitro benzene ring substituents is 1. The van der Waals surface area contributed by atoms with Gasteiger partial charge in [-0.25, -0.2) is 13.2 Å². The van der Waals surface area contributed by atoms with E-state index < -0.39 is 43.8 Å². The van der Waals surface area contributed by atoms with Gasteiger partial charge in [-0.2, -0.15) is 0 Å². The summed E-state index contributed by atoms with van der Waals surface area (Å²) in [6.45, 7) is 0.399. The number of hydrogen-bond acceptors (Lipinski definition) is 8. The molecule has 1 fully saturated rings. The van der Waals surface area contributed by atoms with Crippen molar-refractivity contribution in [2.45, 2.75) is 23.8 Å². The van der Waals surface area contributed by atoms with Crippen molar-refractivity contribution in [3.05, 3.63) is 33.9 Å². The number of carbonyl (C=O) groups is 2. The zero-order valence-corrected chi connectivity index (χ0v) is 14.8. The van der Waals surface area contributed by atoms with Crippen molar-refractivity contribution in [3.63, 3.8) is 0 Å². The molecule has 1 aliphatic rings. The highest BCUT2D eigenvalue weighted by atomic mass is 32.2. The van der Waals surface area contributed by atoms with E-state index in [4.69, 9.17) is 9.47 Å². The van der Waals surface area contributed by atoms with Crippen molar-refractivity contribution < 1.29 is 32.4 Å². The van der Waals surface area contributed by atoms with Gasteiger partial charge in [-0.3, -0.25) is 14.9 Å². The Labute approximate surface area is 149 Å². The van der Waals surface area contributed by atoms with E-state index in [1.54, 1.807) is 0 Å². The van der Waals surface area contributed by atoms with E-state index in [0.717, 1.165) is 37.3 Å². The number of sulfone groups is 1. The molecule has 1 saturated heterocycles. The van der Waals surface area contributed by atoms with Gasteiger partial charge in [0.25, 0.3) is 11.6 Å². The lowest BCUT2D eigenvalue weighted by Crippen LogP contribution is -2.34. The Hall–Kier alpha value is -2.53. The molecule has 2 rings (SSSR count). The largest absolute Gasteiger partial charge is 0.452 e. The first kappa shape index (κ1) is 19.8. The van der Waals surface area contributed by atoms with Gasteiger partial charge in [0, 0.05) is 25.5 Å². The van der Waals surface area contributed by atoms with Crippen LogP contribution in [0.4, 0.5) is 5.69 Å². The molecule has 1 aromatic carbocycles. The van der Waals surface area contributed by atoms with Gasteiger partial charge >= 0.3 is 5.97 Å². The molecule has 0 saturated carbocycles. The highest BCUT2D eigenvalue weighted by molar-refractivity contribution is 7.90. The Bertz CT molecular complexity index is 815. The standard InChI is InChI=1S/C15H18N2O8S/c1-26(22,23)13-5-4-10(7-12(13)17(20)21)15(19)25-9-14(18)16-8-11-3-2-6-24-11/h4-5,7,11H,2-3,6,8-9H2,1H3,(H,16,18)/t11-/m1/s1. The minimum atomic E-state index is -3.83. The van der Waals surface area contributed by atoms with E-state index in [9.17, 15) is 28.1 Å². The van der Waals surface area contributed by atoms with Gasteiger partial charge in [-0.05, 0) is 25.0 Å². The lowest BCUT2D eigenvalue weighted by atomic mass is 10.2. The molecule has 0 radical (unpaired) electrons. The van der Waals surface area contributed by atoms with Crippen molar-refractivity contribution in [3.8, 4) is 0 Å². The fraction of sp³-hybridized carbons (Fsp3) is 0.467. The number of amides is 1. The Kier molecular flexibility index (Phi) is 6.27. The van der Waals surface area contributed by atoms with Gasteiger partial charge in [0.05, 0.1) is 16.6 Å². The molecule has 1 aliphatic heterocycles. The predicted octanol–water partition coefficient (Wildman–Crippen LogP) is 0.450. The summed E-state index contributed by atoms with van der Waals surface area (Å²) < 4.78 is 33.2. The lowest BCUT2D eigenvalue weighted by Gasteiger charge is -2.11. The summed E-state index contributed by atoms with van der Waals surface area (Å²) in [7, 11) is -3.83. The zero-order valence-electron chi connectivity index (χ0n) is 14.0. The number of hydrogen-bond donors (Lipinski definition) is 1. The highest BCUT2D eigenvalue weighted by Crippen LogP contribution is 2.25. The van der Waals surface area contributed by atoms with E-state index in [1.165, 1.54) is 0 Å². The number of ether oxygens (including phenoxy) is 2. The van der Waals surface area contributed by atoms with Crippen molar-refractivity contribution in [1.29, 1.82) is 0 Å². The molecule has 0 aromatic heterocycles. The first-order valence-corrected chi connectivity index (χ1v) is 9.61. The Morgan fingerprint density at radius 3 is 2.73 bits per heavy atom. The maximum absolute atomic E-state index is 11.9. The first-order chi connectivity index (χ1) is 12.2. The van der Waals surface area contributed by atoms with Gasteiger partial charge in [-0.15, -0.1) is 0 Å². The molecule has 1 N–H and O–H groups in total. The second kappa shape index (κ2) is 8.23. The van der Waals surface area contributed by atoms with E-state index in [2.05, 4.69) is 5.32 Å². The van der Waals surface area contributed by atoms with Gasteiger partial charge in [0.2, 0.25) is 0 Å². The average molecular weight is 386 g/mol. The van der Waals surface area contributed by atoms with Crippen molar-refractivity contribution >= 4 is 27.4 Å². The van der Waals surface area contributed by atoms with Crippen LogP contribution in [0.3, 0.4) is 0 Å². The molecule has 1 aromatic rings. The van der Waals surface area contributed by atoms with E-state index in [0.29, 0.717) is 13.2 Å². The molecule has 11 heteroatoms. The summed E-state index contributed by atoms with van der Waals surface area (Å²) in [4.78, 5) is 33.2. The Morgan fingerprint density at radius 1 is 1.42 bits per heavy atom. The summed E-state index contributed by atoms with van der Waals surface area (Å²) in [5.41, 5.74) is -0.958. The van der Waals surface area contributed by atoms with Crippen LogP contribution in [-0.2, 0) is 24.1 Å². The van der Waals surface area contributed by atoms with Gasteiger partial charge in [0.1, 0.15) is 4.90 Å². The van der Waals surface area contributed by atoms with Crippen molar-refractivity contribution in [2.75, 3.05) is 26.0 Å². The molecule has 0 aliphatic carbocycles. The maximum atomic E-state index is 11.9. The number of benzene rings is 1. The quantitative estimate of drug-likeness (QED) is 0.404. The normalized spacial score (nSPS) is 16.9. The van der Waals surface area contributed by atoms with Crippen LogP contribution in [0.2, 0.25) is 0 Å². The lowest BCUT2D eigenvalue weighted by molar-refractivity contribution is -0.387. The Balaban J connectivity index is 1.97. The smallest absolute Gasteiger partial charge is 0.338 e. The predicted molar refractivity (Wildman–Crippen MR) is 88.5 cm³/mol. The number of nitrogens with one attached hydrogen (secondary N) is 1. The molecule has 1 atom stereocenters. The van der Waals surface area contributed by atoms with Crippen LogP contribution in [0.1, 0.15) is 23.2 Å². The SMILES string of the molecule is CS(=O)(=O)c1ccc(C(=O)OCC(=O)NC[C@H]2CCCO2)cc1[N+](=O)[O-]. The third-order valence-electron chi connectivity index (χ3n) is 3.68. The average Bonchev–Trinajstić information content (AvgIpc) is 3.10.